The molecule has 0 bridgehead atoms. The van der Waals surface area contributed by atoms with E-state index in [9.17, 15) is 5.11 Å². The molecule has 0 spiro atoms. The van der Waals surface area contributed by atoms with E-state index in [2.05, 4.69) is 5.32 Å². The smallest absolute Gasteiger partial charge is 0.134 e. The molecule has 1 atom stereocenters. The lowest BCUT2D eigenvalue weighted by atomic mass is 9.99. The van der Waals surface area contributed by atoms with Crippen molar-refractivity contribution in [3.05, 3.63) is 28.8 Å². The van der Waals surface area contributed by atoms with E-state index in [-0.39, 0.29) is 5.75 Å². The molecule has 3 heteroatoms. The molecule has 2 rings (SSSR count). The van der Waals surface area contributed by atoms with Crippen LogP contribution in [-0.4, -0.2) is 18.2 Å². The lowest BCUT2D eigenvalue weighted by Crippen LogP contribution is -2.10. The van der Waals surface area contributed by atoms with Crippen LogP contribution in [0.3, 0.4) is 0 Å². The topological polar surface area (TPSA) is 32.3 Å². The number of hydrogen-bond acceptors (Lipinski definition) is 2. The van der Waals surface area contributed by atoms with Crippen LogP contribution in [0.25, 0.3) is 0 Å². The lowest BCUT2D eigenvalue weighted by molar-refractivity contribution is 0.473. The Balaban J connectivity index is 2.05. The fourth-order valence-corrected chi connectivity index (χ4v) is 2.02. The summed E-state index contributed by atoms with van der Waals surface area (Å²) in [7, 11) is 0. The Labute approximate surface area is 88.9 Å². The van der Waals surface area contributed by atoms with Gasteiger partial charge >= 0.3 is 0 Å². The largest absolute Gasteiger partial charge is 0.506 e. The van der Waals surface area contributed by atoms with Crippen LogP contribution in [0.15, 0.2) is 18.2 Å². The Bertz CT molecular complexity index is 321. The third-order valence-electron chi connectivity index (χ3n) is 2.70. The van der Waals surface area contributed by atoms with Gasteiger partial charge in [0.05, 0.1) is 5.02 Å². The molecule has 1 aromatic carbocycles. The Morgan fingerprint density at radius 1 is 1.50 bits per heavy atom. The molecule has 0 amide bonds. The maximum atomic E-state index is 9.43. The van der Waals surface area contributed by atoms with Crippen molar-refractivity contribution in [1.82, 2.24) is 5.32 Å². The van der Waals surface area contributed by atoms with Gasteiger partial charge in [0, 0.05) is 0 Å². The summed E-state index contributed by atoms with van der Waals surface area (Å²) < 4.78 is 0. The number of rotatable bonds is 2. The van der Waals surface area contributed by atoms with Gasteiger partial charge in [-0.3, -0.25) is 0 Å². The lowest BCUT2D eigenvalue weighted by Gasteiger charge is -2.08. The molecule has 0 aliphatic carbocycles. The third kappa shape index (κ3) is 2.20. The summed E-state index contributed by atoms with van der Waals surface area (Å²) >= 11 is 5.73. The van der Waals surface area contributed by atoms with Crippen LogP contribution in [0.1, 0.15) is 12.0 Å². The summed E-state index contributed by atoms with van der Waals surface area (Å²) in [4.78, 5) is 0. The summed E-state index contributed by atoms with van der Waals surface area (Å²) in [6, 6.07) is 5.51. The van der Waals surface area contributed by atoms with Gasteiger partial charge in [0.2, 0.25) is 0 Å². The number of phenolic OH excluding ortho intramolecular Hbond substituents is 1. The summed E-state index contributed by atoms with van der Waals surface area (Å²) in [5.41, 5.74) is 1.17. The maximum Gasteiger partial charge on any atom is 0.134 e. The summed E-state index contributed by atoms with van der Waals surface area (Å²) in [5, 5.41) is 13.2. The van der Waals surface area contributed by atoms with Crippen molar-refractivity contribution in [1.29, 1.82) is 0 Å². The van der Waals surface area contributed by atoms with E-state index >= 15 is 0 Å². The molecule has 0 radical (unpaired) electrons. The molecule has 1 heterocycles. The third-order valence-corrected chi connectivity index (χ3v) is 3.02. The van der Waals surface area contributed by atoms with E-state index < -0.39 is 0 Å². The monoisotopic (exact) mass is 211 g/mol. The number of hydrogen-bond donors (Lipinski definition) is 2. The van der Waals surface area contributed by atoms with Crippen LogP contribution in [0.5, 0.6) is 5.75 Å². The van der Waals surface area contributed by atoms with Gasteiger partial charge in [0.15, 0.2) is 0 Å². The molecule has 2 nitrogen and oxygen atoms in total. The van der Waals surface area contributed by atoms with E-state index in [1.54, 1.807) is 12.1 Å². The number of aromatic hydroxyl groups is 1. The van der Waals surface area contributed by atoms with Crippen molar-refractivity contribution in [3.63, 3.8) is 0 Å². The van der Waals surface area contributed by atoms with Crippen LogP contribution in [0.2, 0.25) is 5.02 Å². The summed E-state index contributed by atoms with van der Waals surface area (Å²) in [6.07, 6.45) is 2.25. The highest BCUT2D eigenvalue weighted by atomic mass is 35.5. The molecule has 0 aromatic heterocycles. The Kier molecular flexibility index (Phi) is 2.94. The van der Waals surface area contributed by atoms with E-state index in [0.29, 0.717) is 10.9 Å². The Morgan fingerprint density at radius 3 is 3.00 bits per heavy atom. The molecule has 1 fully saturated rings. The SMILES string of the molecule is Oc1cc(CC2CCNC2)ccc1Cl. The minimum Gasteiger partial charge on any atom is -0.506 e. The quantitative estimate of drug-likeness (QED) is 0.786. The zero-order valence-electron chi connectivity index (χ0n) is 7.96. The average Bonchev–Trinajstić information content (AvgIpc) is 2.64. The van der Waals surface area contributed by atoms with Crippen LogP contribution < -0.4 is 5.32 Å². The van der Waals surface area contributed by atoms with Gasteiger partial charge in [0.1, 0.15) is 5.75 Å². The predicted molar refractivity (Wildman–Crippen MR) is 57.8 cm³/mol. The first-order chi connectivity index (χ1) is 6.75. The van der Waals surface area contributed by atoms with Gasteiger partial charge in [-0.15, -0.1) is 0 Å². The van der Waals surface area contributed by atoms with E-state index in [1.165, 1.54) is 12.0 Å². The van der Waals surface area contributed by atoms with Crippen molar-refractivity contribution in [2.24, 2.45) is 5.92 Å². The summed E-state index contributed by atoms with van der Waals surface area (Å²) in [5.74, 6) is 0.894. The molecule has 2 N–H and O–H groups in total. The number of phenols is 1. The molecule has 1 aliphatic rings. The zero-order valence-corrected chi connectivity index (χ0v) is 8.72. The second-order valence-electron chi connectivity index (χ2n) is 3.85. The standard InChI is InChI=1S/C11H14ClNO/c12-10-2-1-8(6-11(10)14)5-9-3-4-13-7-9/h1-2,6,9,13-14H,3-5,7H2. The highest BCUT2D eigenvalue weighted by Gasteiger charge is 2.15. The molecule has 0 saturated carbocycles. The van der Waals surface area contributed by atoms with Crippen molar-refractivity contribution >= 4 is 11.6 Å². The van der Waals surface area contributed by atoms with Gasteiger partial charge in [-0.25, -0.2) is 0 Å². The van der Waals surface area contributed by atoms with Gasteiger partial charge in [0.25, 0.3) is 0 Å². The first kappa shape index (κ1) is 9.81. The van der Waals surface area contributed by atoms with Crippen molar-refractivity contribution in [3.8, 4) is 5.75 Å². The predicted octanol–water partition coefficient (Wildman–Crippen LogP) is 2.20. The molecular formula is C11H14ClNO. The fraction of sp³-hybridized carbons (Fsp3) is 0.455. The van der Waals surface area contributed by atoms with Gasteiger partial charge < -0.3 is 10.4 Å². The molecular weight excluding hydrogens is 198 g/mol. The van der Waals surface area contributed by atoms with Crippen molar-refractivity contribution in [2.45, 2.75) is 12.8 Å². The molecule has 1 aromatic rings. The van der Waals surface area contributed by atoms with Crippen LogP contribution in [-0.2, 0) is 6.42 Å². The van der Waals surface area contributed by atoms with Gasteiger partial charge in [-0.2, -0.15) is 0 Å². The van der Waals surface area contributed by atoms with E-state index in [4.69, 9.17) is 11.6 Å². The molecule has 1 saturated heterocycles. The first-order valence-corrected chi connectivity index (χ1v) is 5.31. The van der Waals surface area contributed by atoms with E-state index in [0.717, 1.165) is 19.5 Å². The number of benzene rings is 1. The minimum absolute atomic E-state index is 0.190. The number of nitrogens with one attached hydrogen (secondary N) is 1. The molecule has 1 aliphatic heterocycles. The van der Waals surface area contributed by atoms with Gasteiger partial charge in [-0.05, 0) is 49.5 Å². The Hall–Kier alpha value is -0.730. The second-order valence-corrected chi connectivity index (χ2v) is 4.26. The van der Waals surface area contributed by atoms with Crippen LogP contribution in [0.4, 0.5) is 0 Å². The normalized spacial score (nSPS) is 21.4. The van der Waals surface area contributed by atoms with Crippen LogP contribution >= 0.6 is 11.6 Å². The fourth-order valence-electron chi connectivity index (χ4n) is 1.91. The second kappa shape index (κ2) is 4.20. The zero-order chi connectivity index (χ0) is 9.97. The van der Waals surface area contributed by atoms with Gasteiger partial charge in [-0.1, -0.05) is 17.7 Å². The molecule has 14 heavy (non-hydrogen) atoms. The number of halogens is 1. The average molecular weight is 212 g/mol. The van der Waals surface area contributed by atoms with Crippen molar-refractivity contribution in [2.75, 3.05) is 13.1 Å². The van der Waals surface area contributed by atoms with Crippen LogP contribution in [0, 0.1) is 5.92 Å². The summed E-state index contributed by atoms with van der Waals surface area (Å²) in [6.45, 7) is 2.20. The molecule has 76 valence electrons. The first-order valence-electron chi connectivity index (χ1n) is 4.94. The highest BCUT2D eigenvalue weighted by molar-refractivity contribution is 6.31. The van der Waals surface area contributed by atoms with Crippen molar-refractivity contribution < 1.29 is 5.11 Å². The Morgan fingerprint density at radius 2 is 2.36 bits per heavy atom. The minimum atomic E-state index is 0.190. The molecule has 1 unspecified atom stereocenters. The highest BCUT2D eigenvalue weighted by Crippen LogP contribution is 2.25. The maximum absolute atomic E-state index is 9.43. The van der Waals surface area contributed by atoms with E-state index in [1.807, 2.05) is 6.07 Å².